The van der Waals surface area contributed by atoms with E-state index in [0.29, 0.717) is 19.4 Å². The van der Waals surface area contributed by atoms with Gasteiger partial charge in [0.1, 0.15) is 6.61 Å². The van der Waals surface area contributed by atoms with Crippen LogP contribution in [0.4, 0.5) is 0 Å². The van der Waals surface area contributed by atoms with Gasteiger partial charge in [0.15, 0.2) is 0 Å². The fraction of sp³-hybridized carbons (Fsp3) is 0.737. The molecule has 0 fully saturated rings. The van der Waals surface area contributed by atoms with Crippen LogP contribution in [0.1, 0.15) is 79.1 Å². The molecule has 0 aliphatic heterocycles. The Kier molecular flexibility index (Phi) is 12.9. The van der Waals surface area contributed by atoms with Gasteiger partial charge in [0.25, 0.3) is 0 Å². The number of esters is 1. The van der Waals surface area contributed by atoms with Gasteiger partial charge in [0.2, 0.25) is 0 Å². The molecule has 0 heterocycles. The number of hydrogen-bond donors (Lipinski definition) is 1. The molecule has 1 unspecified atom stereocenters. The molecule has 1 N–H and O–H groups in total. The average molecular weight is 310 g/mol. The standard InChI is InChI=1S/C19H34O3/c1-5-6-7-11-18(20)12-13-19(21)22-15-14-17(4)10-8-9-16(2)3/h9,14,18,20H,5-8,10-13,15H2,1-4H3. The largest absolute Gasteiger partial charge is 0.461 e. The first-order chi connectivity index (χ1) is 10.5. The molecular weight excluding hydrogens is 276 g/mol. The highest BCUT2D eigenvalue weighted by molar-refractivity contribution is 5.69. The molecule has 1 atom stereocenters. The highest BCUT2D eigenvalue weighted by Gasteiger charge is 2.08. The van der Waals surface area contributed by atoms with E-state index in [9.17, 15) is 9.90 Å². The number of allylic oxidation sites excluding steroid dienone is 3. The Bertz CT molecular complexity index is 352. The Morgan fingerprint density at radius 2 is 1.82 bits per heavy atom. The van der Waals surface area contributed by atoms with Crippen LogP contribution in [0.15, 0.2) is 23.3 Å². The molecule has 128 valence electrons. The smallest absolute Gasteiger partial charge is 0.306 e. The summed E-state index contributed by atoms with van der Waals surface area (Å²) in [6.45, 7) is 8.73. The van der Waals surface area contributed by atoms with Gasteiger partial charge >= 0.3 is 5.97 Å². The van der Waals surface area contributed by atoms with E-state index in [-0.39, 0.29) is 12.1 Å². The number of carbonyl (C=O) groups excluding carboxylic acids is 1. The lowest BCUT2D eigenvalue weighted by Gasteiger charge is -2.09. The van der Waals surface area contributed by atoms with E-state index >= 15 is 0 Å². The second-order valence-electron chi connectivity index (χ2n) is 6.24. The molecule has 0 saturated heterocycles. The molecule has 0 saturated carbocycles. The van der Waals surface area contributed by atoms with Gasteiger partial charge in [-0.2, -0.15) is 0 Å². The zero-order valence-corrected chi connectivity index (χ0v) is 14.9. The number of aliphatic hydroxyl groups excluding tert-OH is 1. The highest BCUT2D eigenvalue weighted by Crippen LogP contribution is 2.09. The van der Waals surface area contributed by atoms with Crippen LogP contribution >= 0.6 is 0 Å². The predicted molar refractivity (Wildman–Crippen MR) is 92.8 cm³/mol. The molecule has 0 rings (SSSR count). The van der Waals surface area contributed by atoms with E-state index in [1.54, 1.807) is 0 Å². The van der Waals surface area contributed by atoms with Gasteiger partial charge in [0.05, 0.1) is 6.10 Å². The highest BCUT2D eigenvalue weighted by atomic mass is 16.5. The van der Waals surface area contributed by atoms with E-state index in [0.717, 1.165) is 38.5 Å². The number of hydrogen-bond acceptors (Lipinski definition) is 3. The van der Waals surface area contributed by atoms with Crippen molar-refractivity contribution < 1.29 is 14.6 Å². The molecule has 0 amide bonds. The lowest BCUT2D eigenvalue weighted by molar-refractivity contribution is -0.143. The predicted octanol–water partition coefficient (Wildman–Crippen LogP) is 4.94. The van der Waals surface area contributed by atoms with Gasteiger partial charge in [-0.05, 0) is 52.5 Å². The summed E-state index contributed by atoms with van der Waals surface area (Å²) >= 11 is 0. The van der Waals surface area contributed by atoms with Crippen molar-refractivity contribution in [2.75, 3.05) is 6.61 Å². The van der Waals surface area contributed by atoms with Crippen LogP contribution in [-0.2, 0) is 9.53 Å². The summed E-state index contributed by atoms with van der Waals surface area (Å²) in [7, 11) is 0. The van der Waals surface area contributed by atoms with Crippen LogP contribution in [0.25, 0.3) is 0 Å². The first-order valence-corrected chi connectivity index (χ1v) is 8.58. The van der Waals surface area contributed by atoms with Crippen molar-refractivity contribution in [3.8, 4) is 0 Å². The van der Waals surface area contributed by atoms with Gasteiger partial charge in [0, 0.05) is 6.42 Å². The van der Waals surface area contributed by atoms with Crippen molar-refractivity contribution in [3.63, 3.8) is 0 Å². The third-order valence-electron chi connectivity index (χ3n) is 3.59. The van der Waals surface area contributed by atoms with Crippen LogP contribution in [0.2, 0.25) is 0 Å². The molecule has 0 aromatic rings. The molecule has 0 spiro atoms. The zero-order chi connectivity index (χ0) is 16.8. The van der Waals surface area contributed by atoms with E-state index in [2.05, 4.69) is 33.8 Å². The molecular formula is C19H34O3. The fourth-order valence-corrected chi connectivity index (χ4v) is 2.10. The fourth-order valence-electron chi connectivity index (χ4n) is 2.10. The summed E-state index contributed by atoms with van der Waals surface area (Å²) in [6, 6.07) is 0. The van der Waals surface area contributed by atoms with Gasteiger partial charge < -0.3 is 9.84 Å². The van der Waals surface area contributed by atoms with E-state index in [1.807, 2.05) is 6.08 Å². The number of carbonyl (C=O) groups is 1. The lowest BCUT2D eigenvalue weighted by Crippen LogP contribution is -2.12. The monoisotopic (exact) mass is 310 g/mol. The SMILES string of the molecule is CCCCCC(O)CCC(=O)OCC=C(C)CCC=C(C)C. The van der Waals surface area contributed by atoms with Crippen molar-refractivity contribution in [1.29, 1.82) is 0 Å². The van der Waals surface area contributed by atoms with Crippen LogP contribution in [-0.4, -0.2) is 23.8 Å². The minimum atomic E-state index is -0.375. The maximum Gasteiger partial charge on any atom is 0.306 e. The van der Waals surface area contributed by atoms with Crippen molar-refractivity contribution >= 4 is 5.97 Å². The molecule has 0 aromatic heterocycles. The Morgan fingerprint density at radius 3 is 2.45 bits per heavy atom. The van der Waals surface area contributed by atoms with Crippen LogP contribution in [0.3, 0.4) is 0 Å². The molecule has 22 heavy (non-hydrogen) atoms. The van der Waals surface area contributed by atoms with E-state index in [1.165, 1.54) is 11.1 Å². The molecule has 0 aliphatic rings. The van der Waals surface area contributed by atoms with Crippen molar-refractivity contribution in [2.24, 2.45) is 0 Å². The second-order valence-corrected chi connectivity index (χ2v) is 6.24. The topological polar surface area (TPSA) is 46.5 Å². The Hall–Kier alpha value is -1.09. The Morgan fingerprint density at radius 1 is 1.09 bits per heavy atom. The maximum absolute atomic E-state index is 11.6. The van der Waals surface area contributed by atoms with Crippen molar-refractivity contribution in [3.05, 3.63) is 23.3 Å². The van der Waals surface area contributed by atoms with Crippen LogP contribution in [0, 0.1) is 0 Å². The third kappa shape index (κ3) is 13.9. The zero-order valence-electron chi connectivity index (χ0n) is 14.9. The minimum absolute atomic E-state index is 0.220. The summed E-state index contributed by atoms with van der Waals surface area (Å²) < 4.78 is 5.17. The number of unbranched alkanes of at least 4 members (excludes halogenated alkanes) is 2. The van der Waals surface area contributed by atoms with Gasteiger partial charge in [-0.1, -0.05) is 43.4 Å². The van der Waals surface area contributed by atoms with E-state index < -0.39 is 0 Å². The summed E-state index contributed by atoms with van der Waals surface area (Å²) in [5.41, 5.74) is 2.57. The lowest BCUT2D eigenvalue weighted by atomic mass is 10.1. The summed E-state index contributed by atoms with van der Waals surface area (Å²) in [5, 5.41) is 9.76. The van der Waals surface area contributed by atoms with Crippen LogP contribution in [0.5, 0.6) is 0 Å². The number of rotatable bonds is 12. The second kappa shape index (κ2) is 13.6. The summed E-state index contributed by atoms with van der Waals surface area (Å²) in [5.74, 6) is -0.220. The van der Waals surface area contributed by atoms with Gasteiger partial charge in [-0.15, -0.1) is 0 Å². The van der Waals surface area contributed by atoms with Crippen molar-refractivity contribution in [1.82, 2.24) is 0 Å². The molecule has 0 aliphatic carbocycles. The number of ether oxygens (including phenoxy) is 1. The van der Waals surface area contributed by atoms with Crippen LogP contribution < -0.4 is 0 Å². The normalized spacial score (nSPS) is 12.9. The van der Waals surface area contributed by atoms with Gasteiger partial charge in [-0.3, -0.25) is 4.79 Å². The number of aliphatic hydroxyl groups is 1. The molecule has 0 bridgehead atoms. The average Bonchev–Trinajstić information content (AvgIpc) is 2.45. The summed E-state index contributed by atoms with van der Waals surface area (Å²) in [4.78, 5) is 11.6. The van der Waals surface area contributed by atoms with E-state index in [4.69, 9.17) is 4.74 Å². The first-order valence-electron chi connectivity index (χ1n) is 8.58. The summed E-state index contributed by atoms with van der Waals surface area (Å²) in [6.07, 6.45) is 10.7. The quantitative estimate of drug-likeness (QED) is 0.315. The van der Waals surface area contributed by atoms with Gasteiger partial charge in [-0.25, -0.2) is 0 Å². The molecule has 3 nitrogen and oxygen atoms in total. The minimum Gasteiger partial charge on any atom is -0.461 e. The first kappa shape index (κ1) is 20.9. The molecule has 3 heteroatoms. The Labute approximate surface area is 136 Å². The third-order valence-corrected chi connectivity index (χ3v) is 3.59. The molecule has 0 radical (unpaired) electrons. The maximum atomic E-state index is 11.6. The Balaban J connectivity index is 3.73. The van der Waals surface area contributed by atoms with Crippen molar-refractivity contribution in [2.45, 2.75) is 85.2 Å². The molecule has 0 aromatic carbocycles.